The summed E-state index contributed by atoms with van der Waals surface area (Å²) in [5.41, 5.74) is 4.62. The summed E-state index contributed by atoms with van der Waals surface area (Å²) < 4.78 is 5.43. The van der Waals surface area contributed by atoms with E-state index in [1.54, 1.807) is 7.11 Å². The summed E-state index contributed by atoms with van der Waals surface area (Å²) in [5.74, 6) is 0.893. The third-order valence-corrected chi connectivity index (χ3v) is 6.42. The highest BCUT2D eigenvalue weighted by atomic mass is 16.5. The molecular formula is C25H27N5O2. The number of fused-ring (bicyclic) bond motifs is 2. The van der Waals surface area contributed by atoms with Gasteiger partial charge in [-0.05, 0) is 30.0 Å². The Balaban J connectivity index is 1.48. The molecule has 0 N–H and O–H groups in total. The van der Waals surface area contributed by atoms with Gasteiger partial charge in [-0.1, -0.05) is 36.9 Å². The predicted octanol–water partition coefficient (Wildman–Crippen LogP) is 3.30. The highest BCUT2D eigenvalue weighted by Gasteiger charge is 2.31. The molecule has 0 spiro atoms. The Kier molecular flexibility index (Phi) is 5.17. The number of piperazine rings is 1. The molecule has 32 heavy (non-hydrogen) atoms. The second-order valence-electron chi connectivity index (χ2n) is 8.28. The van der Waals surface area contributed by atoms with Crippen LogP contribution in [0.3, 0.4) is 0 Å². The van der Waals surface area contributed by atoms with Crippen molar-refractivity contribution in [2.75, 3.05) is 43.1 Å². The van der Waals surface area contributed by atoms with Crippen molar-refractivity contribution >= 4 is 28.2 Å². The fourth-order valence-electron chi connectivity index (χ4n) is 4.78. The van der Waals surface area contributed by atoms with Gasteiger partial charge in [-0.3, -0.25) is 4.79 Å². The molecule has 0 saturated carbocycles. The van der Waals surface area contributed by atoms with Gasteiger partial charge < -0.3 is 19.4 Å². The van der Waals surface area contributed by atoms with Crippen molar-refractivity contribution in [2.45, 2.75) is 20.0 Å². The second-order valence-corrected chi connectivity index (χ2v) is 8.28. The van der Waals surface area contributed by atoms with Gasteiger partial charge in [0.2, 0.25) is 5.91 Å². The molecule has 7 heteroatoms. The maximum Gasteiger partial charge on any atom is 0.318 e. The SMILES string of the molecule is C=CC(=O)N1CCN(c2nc(OC)nc3c2CN(c2cccc4cccc(C)c24)C3)CC1. The van der Waals surface area contributed by atoms with Crippen molar-refractivity contribution in [3.8, 4) is 6.01 Å². The van der Waals surface area contributed by atoms with Gasteiger partial charge in [-0.15, -0.1) is 0 Å². The van der Waals surface area contributed by atoms with Crippen LogP contribution in [0.4, 0.5) is 11.5 Å². The molecule has 1 amide bonds. The zero-order chi connectivity index (χ0) is 22.2. The van der Waals surface area contributed by atoms with E-state index in [1.807, 2.05) is 4.90 Å². The van der Waals surface area contributed by atoms with Crippen LogP contribution < -0.4 is 14.5 Å². The molecule has 2 aromatic carbocycles. The number of nitrogens with zero attached hydrogens (tertiary/aromatic N) is 5. The van der Waals surface area contributed by atoms with E-state index in [4.69, 9.17) is 9.72 Å². The molecule has 0 atom stereocenters. The second kappa shape index (κ2) is 8.15. The monoisotopic (exact) mass is 429 g/mol. The molecule has 5 rings (SSSR count). The van der Waals surface area contributed by atoms with E-state index >= 15 is 0 Å². The van der Waals surface area contributed by atoms with Gasteiger partial charge in [0, 0.05) is 49.4 Å². The first-order chi connectivity index (χ1) is 15.6. The normalized spacial score (nSPS) is 15.8. The molecule has 1 aromatic heterocycles. The summed E-state index contributed by atoms with van der Waals surface area (Å²) in [5, 5.41) is 2.52. The number of methoxy groups -OCH3 is 1. The highest BCUT2D eigenvalue weighted by molar-refractivity contribution is 5.97. The smallest absolute Gasteiger partial charge is 0.318 e. The standard InChI is InChI=1S/C25H27N5O2/c1-4-22(31)28-11-13-29(14-12-28)24-19-15-30(16-20(19)26-25(27-24)32-3)21-10-6-9-18-8-5-7-17(2)23(18)21/h4-10H,1,11-16H2,2-3H3. The molecule has 2 aliphatic rings. The Morgan fingerprint density at radius 2 is 1.78 bits per heavy atom. The van der Waals surface area contributed by atoms with Gasteiger partial charge >= 0.3 is 6.01 Å². The number of benzene rings is 2. The van der Waals surface area contributed by atoms with Crippen LogP contribution in [0, 0.1) is 6.92 Å². The zero-order valence-electron chi connectivity index (χ0n) is 18.5. The van der Waals surface area contributed by atoms with Crippen LogP contribution in [0.5, 0.6) is 6.01 Å². The van der Waals surface area contributed by atoms with Gasteiger partial charge in [0.15, 0.2) is 0 Å². The number of carbonyl (C=O) groups excluding carboxylic acids is 1. The summed E-state index contributed by atoms with van der Waals surface area (Å²) in [7, 11) is 1.60. The summed E-state index contributed by atoms with van der Waals surface area (Å²) in [6.07, 6.45) is 1.38. The number of carbonyl (C=O) groups is 1. The molecule has 0 radical (unpaired) electrons. The minimum atomic E-state index is -0.0207. The number of aromatic nitrogens is 2. The molecular weight excluding hydrogens is 402 g/mol. The highest BCUT2D eigenvalue weighted by Crippen LogP contribution is 2.38. The number of rotatable bonds is 4. The lowest BCUT2D eigenvalue weighted by molar-refractivity contribution is -0.126. The average Bonchev–Trinajstić information content (AvgIpc) is 3.27. The molecule has 2 aliphatic heterocycles. The number of aryl methyl sites for hydroxylation is 1. The van der Waals surface area contributed by atoms with E-state index in [2.05, 4.69) is 64.7 Å². The predicted molar refractivity (Wildman–Crippen MR) is 126 cm³/mol. The molecule has 1 saturated heterocycles. The quantitative estimate of drug-likeness (QED) is 0.593. The molecule has 1 fully saturated rings. The number of ether oxygens (including phenoxy) is 1. The molecule has 7 nitrogen and oxygen atoms in total. The van der Waals surface area contributed by atoms with Gasteiger partial charge in [0.25, 0.3) is 0 Å². The van der Waals surface area contributed by atoms with Gasteiger partial charge in [0.05, 0.1) is 19.3 Å². The molecule has 3 heterocycles. The Morgan fingerprint density at radius 3 is 2.50 bits per heavy atom. The minimum absolute atomic E-state index is 0.0207. The first kappa shape index (κ1) is 20.3. The van der Waals surface area contributed by atoms with Gasteiger partial charge in [-0.2, -0.15) is 9.97 Å². The molecule has 0 bridgehead atoms. The fourth-order valence-corrected chi connectivity index (χ4v) is 4.78. The third-order valence-electron chi connectivity index (χ3n) is 6.42. The van der Waals surface area contributed by atoms with Crippen molar-refractivity contribution in [3.05, 3.63) is 65.9 Å². The van der Waals surface area contributed by atoms with E-state index in [1.165, 1.54) is 28.1 Å². The van der Waals surface area contributed by atoms with Crippen molar-refractivity contribution in [1.29, 1.82) is 0 Å². The zero-order valence-corrected chi connectivity index (χ0v) is 18.5. The Labute approximate surface area is 187 Å². The molecule has 0 aliphatic carbocycles. The van der Waals surface area contributed by atoms with Gasteiger partial charge in [-0.25, -0.2) is 0 Å². The average molecular weight is 430 g/mol. The fraction of sp³-hybridized carbons (Fsp3) is 0.320. The molecule has 164 valence electrons. The summed E-state index contributed by atoms with van der Waals surface area (Å²) >= 11 is 0. The number of amides is 1. The van der Waals surface area contributed by atoms with Crippen LogP contribution in [0.1, 0.15) is 16.8 Å². The van der Waals surface area contributed by atoms with Crippen LogP contribution in [0.15, 0.2) is 49.1 Å². The topological polar surface area (TPSA) is 61.8 Å². The van der Waals surface area contributed by atoms with E-state index in [-0.39, 0.29) is 5.91 Å². The van der Waals surface area contributed by atoms with Crippen molar-refractivity contribution in [3.63, 3.8) is 0 Å². The van der Waals surface area contributed by atoms with Crippen LogP contribution in [0.2, 0.25) is 0 Å². The summed E-state index contributed by atoms with van der Waals surface area (Å²) in [4.78, 5) is 27.8. The lowest BCUT2D eigenvalue weighted by Crippen LogP contribution is -2.48. The first-order valence-electron chi connectivity index (χ1n) is 10.9. The largest absolute Gasteiger partial charge is 0.467 e. The maximum absolute atomic E-state index is 12.0. The Morgan fingerprint density at radius 1 is 1.03 bits per heavy atom. The lowest BCUT2D eigenvalue weighted by Gasteiger charge is -2.35. The minimum Gasteiger partial charge on any atom is -0.467 e. The van der Waals surface area contributed by atoms with Crippen LogP contribution in [0.25, 0.3) is 10.8 Å². The number of anilines is 2. The molecule has 0 unspecified atom stereocenters. The van der Waals surface area contributed by atoms with E-state index in [0.29, 0.717) is 25.6 Å². The first-order valence-corrected chi connectivity index (χ1v) is 10.9. The van der Waals surface area contributed by atoms with Crippen molar-refractivity contribution < 1.29 is 9.53 Å². The van der Waals surface area contributed by atoms with E-state index < -0.39 is 0 Å². The van der Waals surface area contributed by atoms with E-state index in [0.717, 1.165) is 36.7 Å². The summed E-state index contributed by atoms with van der Waals surface area (Å²) in [6, 6.07) is 13.3. The Bertz CT molecular complexity index is 1200. The summed E-state index contributed by atoms with van der Waals surface area (Å²) in [6.45, 7) is 9.96. The van der Waals surface area contributed by atoms with Crippen molar-refractivity contribution in [2.24, 2.45) is 0 Å². The van der Waals surface area contributed by atoms with Crippen LogP contribution >= 0.6 is 0 Å². The van der Waals surface area contributed by atoms with Gasteiger partial charge in [0.1, 0.15) is 5.82 Å². The molecule has 3 aromatic rings. The van der Waals surface area contributed by atoms with Crippen molar-refractivity contribution in [1.82, 2.24) is 14.9 Å². The number of hydrogen-bond acceptors (Lipinski definition) is 6. The van der Waals surface area contributed by atoms with Crippen LogP contribution in [-0.4, -0.2) is 54.1 Å². The lowest BCUT2D eigenvalue weighted by atomic mass is 10.0. The Hall–Kier alpha value is -3.61. The number of hydrogen-bond donors (Lipinski definition) is 0. The van der Waals surface area contributed by atoms with Crippen LogP contribution in [-0.2, 0) is 17.9 Å². The van der Waals surface area contributed by atoms with E-state index in [9.17, 15) is 4.79 Å². The third kappa shape index (κ3) is 3.43. The maximum atomic E-state index is 12.0.